The molecule has 0 bridgehead atoms. The molecule has 1 aromatic rings. The number of carbonyl (C=O) groups is 1. The molecule has 1 saturated carbocycles. The Hall–Kier alpha value is -0.890. The van der Waals surface area contributed by atoms with Crippen molar-refractivity contribution < 1.29 is 4.79 Å². The third-order valence-corrected chi connectivity index (χ3v) is 3.32. The molecule has 0 spiro atoms. The van der Waals surface area contributed by atoms with Gasteiger partial charge in [-0.25, -0.2) is 4.98 Å². The molecule has 1 aliphatic rings. The van der Waals surface area contributed by atoms with Crippen molar-refractivity contribution in [3.63, 3.8) is 0 Å². The summed E-state index contributed by atoms with van der Waals surface area (Å²) in [6.07, 6.45) is 6.39. The summed E-state index contributed by atoms with van der Waals surface area (Å²) in [4.78, 5) is 15.7. The normalized spacial score (nSPS) is 21.7. The molecule has 2 rings (SSSR count). The average Bonchev–Trinajstić information content (AvgIpc) is 2.24. The van der Waals surface area contributed by atoms with Crippen LogP contribution in [0, 0.1) is 5.92 Å². The molecule has 0 aromatic carbocycles. The van der Waals surface area contributed by atoms with Crippen LogP contribution in [0.4, 0.5) is 0 Å². The first-order valence-corrected chi connectivity index (χ1v) is 5.77. The first kappa shape index (κ1) is 10.6. The van der Waals surface area contributed by atoms with Gasteiger partial charge in [0.1, 0.15) is 10.9 Å². The predicted molar refractivity (Wildman–Crippen MR) is 59.9 cm³/mol. The summed E-state index contributed by atoms with van der Waals surface area (Å²) < 4.78 is 0. The first-order chi connectivity index (χ1) is 7.27. The van der Waals surface area contributed by atoms with Gasteiger partial charge < -0.3 is 0 Å². The number of nitrogens with zero attached hydrogens (tertiary/aromatic N) is 1. The molecule has 0 radical (unpaired) electrons. The van der Waals surface area contributed by atoms with E-state index >= 15 is 0 Å². The number of carbonyl (C=O) groups excluding carboxylic acids is 1. The van der Waals surface area contributed by atoms with Crippen molar-refractivity contribution in [1.29, 1.82) is 0 Å². The highest BCUT2D eigenvalue weighted by atomic mass is 35.5. The highest BCUT2D eigenvalue weighted by Gasteiger charge is 2.22. The van der Waals surface area contributed by atoms with Crippen molar-refractivity contribution in [2.75, 3.05) is 0 Å². The van der Waals surface area contributed by atoms with Crippen LogP contribution in [0.25, 0.3) is 0 Å². The van der Waals surface area contributed by atoms with Crippen LogP contribution in [-0.4, -0.2) is 10.8 Å². The minimum atomic E-state index is 0.167. The fraction of sp³-hybridized carbons (Fsp3) is 0.500. The highest BCUT2D eigenvalue weighted by molar-refractivity contribution is 6.30. The molecule has 0 saturated heterocycles. The van der Waals surface area contributed by atoms with E-state index in [1.54, 1.807) is 6.20 Å². The molecular weight excluding hydrogens is 210 g/mol. The number of aromatic nitrogens is 1. The van der Waals surface area contributed by atoms with Gasteiger partial charge in [-0.15, -0.1) is 0 Å². The van der Waals surface area contributed by atoms with Crippen LogP contribution in [0.15, 0.2) is 18.3 Å². The summed E-state index contributed by atoms with van der Waals surface area (Å²) in [6, 6.07) is 3.83. The second-order valence-electron chi connectivity index (χ2n) is 4.07. The summed E-state index contributed by atoms with van der Waals surface area (Å²) in [7, 11) is 0. The zero-order valence-corrected chi connectivity index (χ0v) is 9.33. The number of pyridine rings is 1. The van der Waals surface area contributed by atoms with Gasteiger partial charge in [0.25, 0.3) is 0 Å². The van der Waals surface area contributed by atoms with Crippen LogP contribution in [-0.2, 0) is 11.2 Å². The molecule has 3 heteroatoms. The molecule has 1 atom stereocenters. The molecule has 1 aromatic heterocycles. The highest BCUT2D eigenvalue weighted by Crippen LogP contribution is 2.26. The summed E-state index contributed by atoms with van der Waals surface area (Å²) in [6.45, 7) is 0. The Morgan fingerprint density at radius 3 is 3.07 bits per heavy atom. The van der Waals surface area contributed by atoms with Gasteiger partial charge in [0.05, 0.1) is 0 Å². The summed E-state index contributed by atoms with van der Waals surface area (Å²) in [5, 5.41) is 0.538. The molecule has 0 amide bonds. The van der Waals surface area contributed by atoms with Crippen molar-refractivity contribution >= 4 is 17.4 Å². The average molecular weight is 224 g/mol. The Morgan fingerprint density at radius 1 is 1.47 bits per heavy atom. The van der Waals surface area contributed by atoms with Crippen LogP contribution >= 0.6 is 11.6 Å². The number of hydrogen-bond donors (Lipinski definition) is 0. The Balaban J connectivity index is 2.08. The van der Waals surface area contributed by atoms with E-state index in [1.165, 1.54) is 0 Å². The van der Waals surface area contributed by atoms with Crippen molar-refractivity contribution in [3.05, 3.63) is 29.0 Å². The van der Waals surface area contributed by atoms with Crippen molar-refractivity contribution in [3.8, 4) is 0 Å². The molecule has 1 heterocycles. The monoisotopic (exact) mass is 223 g/mol. The second kappa shape index (κ2) is 4.75. The number of rotatable bonds is 2. The third kappa shape index (κ3) is 2.57. The van der Waals surface area contributed by atoms with Gasteiger partial charge in [-0.05, 0) is 30.9 Å². The molecule has 2 nitrogen and oxygen atoms in total. The van der Waals surface area contributed by atoms with Gasteiger partial charge >= 0.3 is 0 Å². The molecule has 0 aliphatic heterocycles. The van der Waals surface area contributed by atoms with E-state index in [9.17, 15) is 4.79 Å². The van der Waals surface area contributed by atoms with Crippen LogP contribution in [0.5, 0.6) is 0 Å². The van der Waals surface area contributed by atoms with Crippen molar-refractivity contribution in [2.45, 2.75) is 32.1 Å². The molecular formula is C12H14ClNO. The van der Waals surface area contributed by atoms with E-state index in [4.69, 9.17) is 11.6 Å². The van der Waals surface area contributed by atoms with Gasteiger partial charge in [0, 0.05) is 18.5 Å². The van der Waals surface area contributed by atoms with Gasteiger partial charge in [0.2, 0.25) is 0 Å². The maximum atomic E-state index is 11.6. The minimum absolute atomic E-state index is 0.167. The van der Waals surface area contributed by atoms with E-state index in [1.807, 2.05) is 12.1 Å². The molecule has 0 N–H and O–H groups in total. The Morgan fingerprint density at radius 2 is 2.33 bits per heavy atom. The summed E-state index contributed by atoms with van der Waals surface area (Å²) in [5.74, 6) is 0.557. The lowest BCUT2D eigenvalue weighted by Crippen LogP contribution is -2.21. The molecule has 1 unspecified atom stereocenters. The third-order valence-electron chi connectivity index (χ3n) is 2.98. The first-order valence-electron chi connectivity index (χ1n) is 5.39. The van der Waals surface area contributed by atoms with E-state index in [0.29, 0.717) is 10.9 Å². The smallest absolute Gasteiger partial charge is 0.136 e. The fourth-order valence-corrected chi connectivity index (χ4v) is 2.30. The summed E-state index contributed by atoms with van der Waals surface area (Å²) in [5.41, 5.74) is 0.999. The zero-order valence-electron chi connectivity index (χ0n) is 8.58. The lowest BCUT2D eigenvalue weighted by Gasteiger charge is -2.20. The number of hydrogen-bond acceptors (Lipinski definition) is 2. The van der Waals surface area contributed by atoms with E-state index in [2.05, 4.69) is 4.98 Å². The predicted octanol–water partition coefficient (Wildman–Crippen LogP) is 3.04. The van der Waals surface area contributed by atoms with Crippen LogP contribution in [0.1, 0.15) is 31.2 Å². The van der Waals surface area contributed by atoms with Crippen LogP contribution in [0.2, 0.25) is 5.15 Å². The molecule has 80 valence electrons. The van der Waals surface area contributed by atoms with E-state index < -0.39 is 0 Å². The maximum absolute atomic E-state index is 11.6. The quantitative estimate of drug-likeness (QED) is 0.722. The number of ketones is 1. The minimum Gasteiger partial charge on any atom is -0.299 e. The largest absolute Gasteiger partial charge is 0.299 e. The van der Waals surface area contributed by atoms with E-state index in [-0.39, 0.29) is 5.92 Å². The van der Waals surface area contributed by atoms with Gasteiger partial charge in [-0.1, -0.05) is 24.1 Å². The lowest BCUT2D eigenvalue weighted by molar-refractivity contribution is -0.124. The molecule has 15 heavy (non-hydrogen) atoms. The fourth-order valence-electron chi connectivity index (χ4n) is 2.11. The maximum Gasteiger partial charge on any atom is 0.136 e. The van der Waals surface area contributed by atoms with Gasteiger partial charge in [-0.2, -0.15) is 0 Å². The van der Waals surface area contributed by atoms with E-state index in [0.717, 1.165) is 37.7 Å². The Labute approximate surface area is 94.7 Å². The standard InChI is InChI=1S/C12H14ClNO/c13-12-10(5-3-7-14-12)8-9-4-1-2-6-11(9)15/h3,5,7,9H,1-2,4,6,8H2. The molecule has 1 aliphatic carbocycles. The van der Waals surface area contributed by atoms with Crippen LogP contribution < -0.4 is 0 Å². The second-order valence-corrected chi connectivity index (χ2v) is 4.42. The topological polar surface area (TPSA) is 30.0 Å². The van der Waals surface area contributed by atoms with Crippen molar-refractivity contribution in [2.24, 2.45) is 5.92 Å². The lowest BCUT2D eigenvalue weighted by atomic mass is 9.84. The SMILES string of the molecule is O=C1CCCCC1Cc1cccnc1Cl. The van der Waals surface area contributed by atoms with Gasteiger partial charge in [0.15, 0.2) is 0 Å². The number of Topliss-reactive ketones (excluding diaryl/α,β-unsaturated/α-hetero) is 1. The summed E-state index contributed by atoms with van der Waals surface area (Å²) >= 11 is 5.97. The zero-order chi connectivity index (χ0) is 10.7. The van der Waals surface area contributed by atoms with Gasteiger partial charge in [-0.3, -0.25) is 4.79 Å². The van der Waals surface area contributed by atoms with Crippen molar-refractivity contribution in [1.82, 2.24) is 4.98 Å². The Bertz CT molecular complexity index is 364. The molecule has 1 fully saturated rings. The number of halogens is 1. The Kier molecular flexibility index (Phi) is 3.37. The van der Waals surface area contributed by atoms with Crippen LogP contribution in [0.3, 0.4) is 0 Å².